The Morgan fingerprint density at radius 3 is 2.70 bits per heavy atom. The van der Waals surface area contributed by atoms with E-state index in [9.17, 15) is 10.2 Å². The Morgan fingerprint density at radius 1 is 1.10 bits per heavy atom. The van der Waals surface area contributed by atoms with Crippen molar-refractivity contribution in [1.82, 2.24) is 19.8 Å². The van der Waals surface area contributed by atoms with Crippen molar-refractivity contribution >= 4 is 11.6 Å². The van der Waals surface area contributed by atoms with E-state index in [0.717, 1.165) is 36.5 Å². The van der Waals surface area contributed by atoms with Crippen LogP contribution in [0.4, 0.5) is 0 Å². The quantitative estimate of drug-likeness (QED) is 0.513. The number of nitrogens with zero attached hydrogens (tertiary/aromatic N) is 4. The molecule has 0 fully saturated rings. The molecule has 30 heavy (non-hydrogen) atoms. The van der Waals surface area contributed by atoms with Crippen LogP contribution in [0.5, 0.6) is 11.5 Å². The van der Waals surface area contributed by atoms with Gasteiger partial charge in [0.25, 0.3) is 0 Å². The first-order chi connectivity index (χ1) is 14.6. The molecular formula is C22H19ClN4O3. The van der Waals surface area contributed by atoms with Gasteiger partial charge in [0, 0.05) is 50.1 Å². The van der Waals surface area contributed by atoms with Gasteiger partial charge in [0.2, 0.25) is 0 Å². The average molecular weight is 423 g/mol. The first-order valence-electron chi connectivity index (χ1n) is 9.59. The minimum Gasteiger partial charge on any atom is -0.507 e. The minimum absolute atomic E-state index is 0.0952. The number of aromatic nitrogens is 3. The Bertz CT molecular complexity index is 1190. The van der Waals surface area contributed by atoms with Crippen LogP contribution in [0.15, 0.2) is 59.4 Å². The second-order valence-corrected chi connectivity index (χ2v) is 7.74. The summed E-state index contributed by atoms with van der Waals surface area (Å²) < 4.78 is 7.38. The van der Waals surface area contributed by atoms with Crippen molar-refractivity contribution in [3.05, 3.63) is 76.7 Å². The number of phenols is 2. The molecule has 0 radical (unpaired) electrons. The molecule has 2 aromatic carbocycles. The van der Waals surface area contributed by atoms with E-state index in [-0.39, 0.29) is 16.5 Å². The van der Waals surface area contributed by atoms with E-state index in [0.29, 0.717) is 17.9 Å². The van der Waals surface area contributed by atoms with Gasteiger partial charge in [0.05, 0.1) is 22.0 Å². The summed E-state index contributed by atoms with van der Waals surface area (Å²) in [5.74, 6) is 0.219. The molecule has 152 valence electrons. The summed E-state index contributed by atoms with van der Waals surface area (Å²) in [6.07, 6.45) is 4.44. The van der Waals surface area contributed by atoms with Crippen LogP contribution in [0, 0.1) is 0 Å². The summed E-state index contributed by atoms with van der Waals surface area (Å²) in [6, 6.07) is 12.9. The molecule has 2 N–H and O–H groups in total. The van der Waals surface area contributed by atoms with Crippen LogP contribution in [0.2, 0.25) is 5.02 Å². The number of hydrogen-bond donors (Lipinski definition) is 2. The zero-order valence-electron chi connectivity index (χ0n) is 16.0. The molecule has 0 spiro atoms. The zero-order chi connectivity index (χ0) is 20.7. The number of aromatic hydroxyl groups is 2. The molecule has 0 aliphatic carbocycles. The second kappa shape index (κ2) is 7.51. The molecular weight excluding hydrogens is 404 g/mol. The van der Waals surface area contributed by atoms with Crippen LogP contribution in [-0.2, 0) is 19.5 Å². The van der Waals surface area contributed by atoms with Gasteiger partial charge in [-0.15, -0.1) is 0 Å². The molecule has 4 aromatic rings. The summed E-state index contributed by atoms with van der Waals surface area (Å²) in [6.45, 7) is 2.29. The van der Waals surface area contributed by atoms with E-state index in [1.54, 1.807) is 6.20 Å². The molecule has 0 unspecified atom stereocenters. The molecule has 7 nitrogen and oxygen atoms in total. The number of phenolic OH excluding ortho intramolecular Hbond substituents is 2. The van der Waals surface area contributed by atoms with Crippen molar-refractivity contribution in [3.8, 4) is 28.5 Å². The Hall–Kier alpha value is -3.29. The Balaban J connectivity index is 1.37. The summed E-state index contributed by atoms with van der Waals surface area (Å²) in [7, 11) is 0. The molecule has 1 aliphatic rings. The molecule has 0 bridgehead atoms. The van der Waals surface area contributed by atoms with E-state index in [1.165, 1.54) is 17.7 Å². The van der Waals surface area contributed by atoms with Crippen LogP contribution in [0.3, 0.4) is 0 Å². The third-order valence-electron chi connectivity index (χ3n) is 5.34. The third kappa shape index (κ3) is 3.42. The van der Waals surface area contributed by atoms with Crippen molar-refractivity contribution in [1.29, 1.82) is 0 Å². The molecule has 3 heterocycles. The van der Waals surface area contributed by atoms with Gasteiger partial charge in [0.15, 0.2) is 5.76 Å². The van der Waals surface area contributed by atoms with E-state index >= 15 is 0 Å². The van der Waals surface area contributed by atoms with Crippen molar-refractivity contribution in [3.63, 3.8) is 0 Å². The van der Waals surface area contributed by atoms with Gasteiger partial charge in [-0.3, -0.25) is 4.90 Å². The van der Waals surface area contributed by atoms with Crippen LogP contribution >= 0.6 is 11.6 Å². The van der Waals surface area contributed by atoms with E-state index in [4.69, 9.17) is 16.1 Å². The van der Waals surface area contributed by atoms with E-state index in [2.05, 4.69) is 39.4 Å². The van der Waals surface area contributed by atoms with Crippen molar-refractivity contribution in [2.75, 3.05) is 6.54 Å². The van der Waals surface area contributed by atoms with Gasteiger partial charge < -0.3 is 14.7 Å². The van der Waals surface area contributed by atoms with Crippen molar-refractivity contribution in [2.45, 2.75) is 19.5 Å². The lowest BCUT2D eigenvalue weighted by molar-refractivity contribution is 0.245. The van der Waals surface area contributed by atoms with Crippen LogP contribution < -0.4 is 0 Å². The van der Waals surface area contributed by atoms with Gasteiger partial charge in [-0.1, -0.05) is 28.9 Å². The maximum atomic E-state index is 10.3. The Morgan fingerprint density at radius 2 is 1.93 bits per heavy atom. The predicted octanol–water partition coefficient (Wildman–Crippen LogP) is 4.15. The van der Waals surface area contributed by atoms with Gasteiger partial charge in [-0.25, -0.2) is 4.68 Å². The molecule has 0 saturated carbocycles. The maximum Gasteiger partial charge on any atom is 0.175 e. The molecule has 1 aliphatic heterocycles. The highest BCUT2D eigenvalue weighted by molar-refractivity contribution is 6.32. The number of halogens is 1. The molecule has 0 atom stereocenters. The summed E-state index contributed by atoms with van der Waals surface area (Å²) in [5.41, 5.74) is 4.47. The highest BCUT2D eigenvalue weighted by atomic mass is 35.5. The fourth-order valence-electron chi connectivity index (χ4n) is 3.78. The normalized spacial score (nSPS) is 14.0. The minimum atomic E-state index is -0.175. The standard InChI is InChI=1S/C22H19ClN4O3/c23-18-10-16(20(28)11-21(18)29)22-17-13-26(9-6-19(17)25-30-22)12-14-2-4-15(5-3-14)27-8-1-7-24-27/h1-5,7-8,10-11,28-29H,6,9,12-13H2. The fourth-order valence-corrected chi connectivity index (χ4v) is 3.95. The molecule has 0 amide bonds. The van der Waals surface area contributed by atoms with Crippen LogP contribution in [0.1, 0.15) is 16.8 Å². The largest absolute Gasteiger partial charge is 0.507 e. The Kier molecular flexibility index (Phi) is 4.69. The molecule has 2 aromatic heterocycles. The first kappa shape index (κ1) is 18.7. The highest BCUT2D eigenvalue weighted by Gasteiger charge is 2.26. The molecule has 0 saturated heterocycles. The number of fused-ring (bicyclic) bond motifs is 1. The fraction of sp³-hybridized carbons (Fsp3) is 0.182. The van der Waals surface area contributed by atoms with Crippen LogP contribution in [-0.4, -0.2) is 36.6 Å². The van der Waals surface area contributed by atoms with Crippen molar-refractivity contribution in [2.24, 2.45) is 0 Å². The van der Waals surface area contributed by atoms with Gasteiger partial charge in [0.1, 0.15) is 11.5 Å². The monoisotopic (exact) mass is 422 g/mol. The smallest absolute Gasteiger partial charge is 0.175 e. The van der Waals surface area contributed by atoms with E-state index < -0.39 is 0 Å². The second-order valence-electron chi connectivity index (χ2n) is 7.34. The summed E-state index contributed by atoms with van der Waals surface area (Å²) in [5, 5.41) is 28.5. The number of rotatable bonds is 4. The SMILES string of the molecule is Oc1cc(O)c(-c2onc3c2CN(Cc2ccc(-n4cccn4)cc2)CC3)cc1Cl. The van der Waals surface area contributed by atoms with Crippen LogP contribution in [0.25, 0.3) is 17.0 Å². The lowest BCUT2D eigenvalue weighted by Crippen LogP contribution is -2.30. The van der Waals surface area contributed by atoms with E-state index in [1.807, 2.05) is 16.9 Å². The molecule has 8 heteroatoms. The maximum absolute atomic E-state index is 10.3. The summed E-state index contributed by atoms with van der Waals surface area (Å²) >= 11 is 6.03. The van der Waals surface area contributed by atoms with Gasteiger partial charge in [-0.2, -0.15) is 5.10 Å². The van der Waals surface area contributed by atoms with Crippen molar-refractivity contribution < 1.29 is 14.7 Å². The lowest BCUT2D eigenvalue weighted by atomic mass is 10.0. The zero-order valence-corrected chi connectivity index (χ0v) is 16.8. The average Bonchev–Trinajstić information content (AvgIpc) is 3.41. The number of hydrogen-bond acceptors (Lipinski definition) is 6. The number of benzene rings is 2. The molecule has 5 rings (SSSR count). The lowest BCUT2D eigenvalue weighted by Gasteiger charge is -2.26. The predicted molar refractivity (Wildman–Crippen MR) is 112 cm³/mol. The highest BCUT2D eigenvalue weighted by Crippen LogP contribution is 2.40. The third-order valence-corrected chi connectivity index (χ3v) is 5.64. The van der Waals surface area contributed by atoms with Gasteiger partial charge in [-0.05, 0) is 29.8 Å². The topological polar surface area (TPSA) is 87.5 Å². The van der Waals surface area contributed by atoms with Gasteiger partial charge >= 0.3 is 0 Å². The summed E-state index contributed by atoms with van der Waals surface area (Å²) in [4.78, 5) is 2.31. The Labute approximate surface area is 177 Å². The first-order valence-corrected chi connectivity index (χ1v) is 9.97.